The van der Waals surface area contributed by atoms with Gasteiger partial charge in [-0.2, -0.15) is 0 Å². The third kappa shape index (κ3) is 3.24. The van der Waals surface area contributed by atoms with Crippen molar-refractivity contribution in [3.05, 3.63) is 35.9 Å². The van der Waals surface area contributed by atoms with Gasteiger partial charge in [-0.3, -0.25) is 0 Å². The molecule has 0 spiro atoms. The monoisotopic (exact) mass is 212 g/mol. The molecule has 11 heavy (non-hydrogen) atoms. The molecule has 1 rings (SSSR count). The summed E-state index contributed by atoms with van der Waals surface area (Å²) in [6.45, 7) is 0. The third-order valence-corrected chi connectivity index (χ3v) is 3.15. The molecule has 58 valence electrons. The second-order valence-corrected chi connectivity index (χ2v) is 4.53. The average molecular weight is 212 g/mol. The molecule has 1 unspecified atom stereocenters. The Hall–Kier alpha value is -0.752. The summed E-state index contributed by atoms with van der Waals surface area (Å²) in [5, 5.41) is 9.18. The van der Waals surface area contributed by atoms with E-state index in [1.165, 1.54) is 0 Å². The molecule has 1 N–H and O–H groups in total. The molecule has 1 aromatic rings. The van der Waals surface area contributed by atoms with Gasteiger partial charge in [-0.1, -0.05) is 0 Å². The van der Waals surface area contributed by atoms with Gasteiger partial charge in [0.25, 0.3) is 0 Å². The minimum absolute atomic E-state index is 0.617. The molecule has 0 heterocycles. The van der Waals surface area contributed by atoms with Gasteiger partial charge in [0.2, 0.25) is 0 Å². The summed E-state index contributed by atoms with van der Waals surface area (Å²) in [6, 6.07) is 9.73. The van der Waals surface area contributed by atoms with E-state index in [1.807, 2.05) is 30.3 Å². The fourth-order valence-corrected chi connectivity index (χ4v) is 2.01. The van der Waals surface area contributed by atoms with E-state index in [0.29, 0.717) is 0 Å². The second-order valence-electron chi connectivity index (χ2n) is 2.14. The number of rotatable bonds is 3. The molecule has 1 atom stereocenters. The van der Waals surface area contributed by atoms with E-state index in [9.17, 15) is 4.79 Å². The van der Waals surface area contributed by atoms with Crippen molar-refractivity contribution in [3.63, 3.8) is 0 Å². The summed E-state index contributed by atoms with van der Waals surface area (Å²) in [5.74, 6) is 0. The quantitative estimate of drug-likeness (QED) is 0.766. The number of carboxylic acid groups (broad SMARTS) is 1. The zero-order valence-corrected chi connectivity index (χ0v) is 8.05. The number of hydrogen-bond acceptors (Lipinski definition) is 1. The van der Waals surface area contributed by atoms with E-state index in [2.05, 4.69) is 0 Å². The van der Waals surface area contributed by atoms with Gasteiger partial charge in [0.1, 0.15) is 0 Å². The predicted octanol–water partition coefficient (Wildman–Crippen LogP) is 1.30. The Morgan fingerprint density at radius 2 is 2.00 bits per heavy atom. The molecule has 0 aromatic heterocycles. The van der Waals surface area contributed by atoms with E-state index < -0.39 is 20.5 Å². The first-order chi connectivity index (χ1) is 5.29. The SMILES string of the molecule is O=C(O)[AsH]Cc1ccccc1. The van der Waals surface area contributed by atoms with Gasteiger partial charge in [-0.05, 0) is 0 Å². The van der Waals surface area contributed by atoms with E-state index in [-0.39, 0.29) is 0 Å². The number of benzene rings is 1. The maximum atomic E-state index is 10.2. The molecule has 3 heteroatoms. The Bertz CT molecular complexity index is 233. The standard InChI is InChI=1S/C8H9AsO2/c10-8(11)9-6-7-4-2-1-3-5-7/h1-5,9H,6H2,(H,10,11). The van der Waals surface area contributed by atoms with Gasteiger partial charge in [0, 0.05) is 0 Å². The van der Waals surface area contributed by atoms with Crippen LogP contribution in [-0.2, 0) is 5.21 Å². The second kappa shape index (κ2) is 4.19. The van der Waals surface area contributed by atoms with Crippen molar-refractivity contribution in [3.8, 4) is 0 Å². The molecule has 0 saturated heterocycles. The molecule has 0 saturated carbocycles. The summed E-state index contributed by atoms with van der Waals surface area (Å²) < 4.78 is -0.617. The first-order valence-electron chi connectivity index (χ1n) is 3.30. The molecule has 0 radical (unpaired) electrons. The van der Waals surface area contributed by atoms with Crippen molar-refractivity contribution in [2.24, 2.45) is 0 Å². The molecule has 0 aliphatic heterocycles. The number of carbonyl (C=O) groups is 1. The van der Waals surface area contributed by atoms with Crippen LogP contribution in [0.2, 0.25) is 0 Å². The first kappa shape index (κ1) is 8.35. The summed E-state index contributed by atoms with van der Waals surface area (Å²) in [5.41, 5.74) is 1.13. The Balaban J connectivity index is 2.45. The molecule has 2 nitrogen and oxygen atoms in total. The van der Waals surface area contributed by atoms with Crippen LogP contribution in [0.1, 0.15) is 5.56 Å². The Morgan fingerprint density at radius 3 is 2.55 bits per heavy atom. The minimum atomic E-state index is -0.821. The van der Waals surface area contributed by atoms with Crippen LogP contribution in [0.25, 0.3) is 0 Å². The zero-order valence-electron chi connectivity index (χ0n) is 5.95. The van der Waals surface area contributed by atoms with E-state index in [1.54, 1.807) is 0 Å². The molecular formula is C8H9AsO2. The van der Waals surface area contributed by atoms with Crippen molar-refractivity contribution >= 4 is 20.5 Å². The molecule has 0 bridgehead atoms. The topological polar surface area (TPSA) is 37.3 Å². The molecule has 0 aliphatic carbocycles. The Labute approximate surface area is 71.9 Å². The normalized spacial score (nSPS) is 10.5. The molecule has 0 aliphatic rings. The van der Waals surface area contributed by atoms with Gasteiger partial charge in [-0.25, -0.2) is 0 Å². The molecule has 1 aromatic carbocycles. The van der Waals surface area contributed by atoms with Crippen LogP contribution >= 0.6 is 0 Å². The van der Waals surface area contributed by atoms with Crippen LogP contribution < -0.4 is 0 Å². The van der Waals surface area contributed by atoms with Gasteiger partial charge in [-0.15, -0.1) is 0 Å². The van der Waals surface area contributed by atoms with Crippen molar-refractivity contribution < 1.29 is 9.90 Å². The van der Waals surface area contributed by atoms with Crippen LogP contribution in [-0.4, -0.2) is 25.6 Å². The van der Waals surface area contributed by atoms with E-state index in [0.717, 1.165) is 10.8 Å². The van der Waals surface area contributed by atoms with Gasteiger partial charge in [0.05, 0.1) is 0 Å². The van der Waals surface area contributed by atoms with Crippen LogP contribution in [0.4, 0.5) is 4.79 Å². The summed E-state index contributed by atoms with van der Waals surface area (Å²) >= 11 is -0.821. The zero-order chi connectivity index (χ0) is 8.10. The van der Waals surface area contributed by atoms with Crippen LogP contribution in [0.5, 0.6) is 0 Å². The van der Waals surface area contributed by atoms with Crippen LogP contribution in [0.3, 0.4) is 0 Å². The third-order valence-electron chi connectivity index (χ3n) is 1.29. The van der Waals surface area contributed by atoms with Gasteiger partial charge < -0.3 is 0 Å². The fourth-order valence-electron chi connectivity index (χ4n) is 0.774. The van der Waals surface area contributed by atoms with Crippen molar-refractivity contribution in [2.75, 3.05) is 0 Å². The summed E-state index contributed by atoms with van der Waals surface area (Å²) in [4.78, 5) is 10.2. The maximum absolute atomic E-state index is 10.2. The average Bonchev–Trinajstić information content (AvgIpc) is 2.03. The van der Waals surface area contributed by atoms with E-state index >= 15 is 0 Å². The number of hydrogen-bond donors (Lipinski definition) is 1. The molecule has 0 fully saturated rings. The summed E-state index contributed by atoms with van der Waals surface area (Å²) in [6.07, 6.45) is 0. The molecular weight excluding hydrogens is 203 g/mol. The van der Waals surface area contributed by atoms with Crippen molar-refractivity contribution in [2.45, 2.75) is 5.21 Å². The van der Waals surface area contributed by atoms with Gasteiger partial charge in [0.15, 0.2) is 0 Å². The summed E-state index contributed by atoms with van der Waals surface area (Å²) in [7, 11) is 0. The van der Waals surface area contributed by atoms with Crippen LogP contribution in [0.15, 0.2) is 30.3 Å². The van der Waals surface area contributed by atoms with Crippen molar-refractivity contribution in [1.82, 2.24) is 0 Å². The fraction of sp³-hybridized carbons (Fsp3) is 0.125. The van der Waals surface area contributed by atoms with E-state index in [4.69, 9.17) is 5.11 Å². The van der Waals surface area contributed by atoms with Crippen LogP contribution in [0, 0.1) is 0 Å². The predicted molar refractivity (Wildman–Crippen MR) is 45.3 cm³/mol. The first-order valence-corrected chi connectivity index (χ1v) is 5.83. The van der Waals surface area contributed by atoms with Gasteiger partial charge >= 0.3 is 71.5 Å². The van der Waals surface area contributed by atoms with Crippen molar-refractivity contribution in [1.29, 1.82) is 0 Å². The Kier molecular flexibility index (Phi) is 3.18. The molecule has 0 amide bonds. The Morgan fingerprint density at radius 1 is 1.36 bits per heavy atom.